The number of nitrogens with one attached hydrogen (secondary N) is 1. The SMILES string of the molecule is Cc1c(Br)cccc1NC1CC(c2ccccc2Br)C1. The summed E-state index contributed by atoms with van der Waals surface area (Å²) in [4.78, 5) is 0. The Bertz CT molecular complexity index is 618. The lowest BCUT2D eigenvalue weighted by molar-refractivity contribution is 0.373. The Balaban J connectivity index is 1.64. The van der Waals surface area contributed by atoms with Gasteiger partial charge >= 0.3 is 0 Å². The molecule has 0 atom stereocenters. The number of anilines is 1. The maximum atomic E-state index is 3.66. The molecule has 104 valence electrons. The predicted molar refractivity (Wildman–Crippen MR) is 92.4 cm³/mol. The van der Waals surface area contributed by atoms with E-state index in [0.717, 1.165) is 0 Å². The topological polar surface area (TPSA) is 12.0 Å². The molecule has 1 aliphatic rings. The molecule has 0 radical (unpaired) electrons. The van der Waals surface area contributed by atoms with E-state index in [9.17, 15) is 0 Å². The van der Waals surface area contributed by atoms with Crippen LogP contribution in [0.4, 0.5) is 5.69 Å². The third-order valence-corrected chi connectivity index (χ3v) is 5.69. The Morgan fingerprint density at radius 1 is 0.950 bits per heavy atom. The lowest BCUT2D eigenvalue weighted by Gasteiger charge is -2.37. The van der Waals surface area contributed by atoms with Crippen LogP contribution >= 0.6 is 31.9 Å². The summed E-state index contributed by atoms with van der Waals surface area (Å²) < 4.78 is 2.41. The van der Waals surface area contributed by atoms with E-state index in [1.54, 1.807) is 0 Å². The Hall–Kier alpha value is -0.800. The van der Waals surface area contributed by atoms with E-state index >= 15 is 0 Å². The normalized spacial score (nSPS) is 21.4. The van der Waals surface area contributed by atoms with Gasteiger partial charge in [0.1, 0.15) is 0 Å². The number of halogens is 2. The average Bonchev–Trinajstić information content (AvgIpc) is 2.39. The van der Waals surface area contributed by atoms with Gasteiger partial charge in [0.2, 0.25) is 0 Å². The van der Waals surface area contributed by atoms with Crippen molar-refractivity contribution in [1.82, 2.24) is 0 Å². The summed E-state index contributed by atoms with van der Waals surface area (Å²) in [5.74, 6) is 0.676. The van der Waals surface area contributed by atoms with E-state index in [1.165, 1.54) is 38.6 Å². The molecule has 1 nitrogen and oxygen atoms in total. The van der Waals surface area contributed by atoms with Crippen LogP contribution in [0.15, 0.2) is 51.4 Å². The molecular formula is C17H17Br2N. The monoisotopic (exact) mass is 393 g/mol. The fraction of sp³-hybridized carbons (Fsp3) is 0.294. The Morgan fingerprint density at radius 3 is 2.40 bits per heavy atom. The molecule has 0 aliphatic heterocycles. The first kappa shape index (κ1) is 14.2. The van der Waals surface area contributed by atoms with Gasteiger partial charge in [-0.15, -0.1) is 0 Å². The number of benzene rings is 2. The van der Waals surface area contributed by atoms with Crippen molar-refractivity contribution in [3.8, 4) is 0 Å². The number of hydrogen-bond acceptors (Lipinski definition) is 1. The van der Waals surface area contributed by atoms with Crippen molar-refractivity contribution in [2.45, 2.75) is 31.7 Å². The predicted octanol–water partition coefficient (Wildman–Crippen LogP) is 5.88. The second-order valence-corrected chi connectivity index (χ2v) is 7.15. The summed E-state index contributed by atoms with van der Waals surface area (Å²) in [5.41, 5.74) is 3.98. The fourth-order valence-corrected chi connectivity index (χ4v) is 3.75. The second kappa shape index (κ2) is 5.90. The lowest BCUT2D eigenvalue weighted by Crippen LogP contribution is -2.34. The highest BCUT2D eigenvalue weighted by Crippen LogP contribution is 2.41. The average molecular weight is 395 g/mol. The lowest BCUT2D eigenvalue weighted by atomic mass is 9.76. The van der Waals surface area contributed by atoms with E-state index in [4.69, 9.17) is 0 Å². The molecule has 1 aliphatic carbocycles. The zero-order valence-electron chi connectivity index (χ0n) is 11.4. The summed E-state index contributed by atoms with van der Waals surface area (Å²) in [6.07, 6.45) is 2.41. The summed E-state index contributed by atoms with van der Waals surface area (Å²) in [6.45, 7) is 2.15. The quantitative estimate of drug-likeness (QED) is 0.685. The number of rotatable bonds is 3. The molecule has 0 spiro atoms. The van der Waals surface area contributed by atoms with Gasteiger partial charge < -0.3 is 5.32 Å². The molecule has 3 rings (SSSR count). The minimum absolute atomic E-state index is 0.583. The third kappa shape index (κ3) is 2.79. The van der Waals surface area contributed by atoms with Crippen molar-refractivity contribution in [3.05, 3.63) is 62.5 Å². The highest BCUT2D eigenvalue weighted by molar-refractivity contribution is 9.10. The van der Waals surface area contributed by atoms with Crippen molar-refractivity contribution in [3.63, 3.8) is 0 Å². The molecule has 1 N–H and O–H groups in total. The molecule has 0 bridgehead atoms. The molecule has 0 aromatic heterocycles. The van der Waals surface area contributed by atoms with Gasteiger partial charge in [-0.2, -0.15) is 0 Å². The van der Waals surface area contributed by atoms with Crippen LogP contribution in [0.25, 0.3) is 0 Å². The van der Waals surface area contributed by atoms with Gasteiger partial charge in [-0.25, -0.2) is 0 Å². The summed E-state index contributed by atoms with van der Waals surface area (Å²) in [6, 6.07) is 15.5. The summed E-state index contributed by atoms with van der Waals surface area (Å²) in [7, 11) is 0. The highest BCUT2D eigenvalue weighted by atomic mass is 79.9. The largest absolute Gasteiger partial charge is 0.382 e. The molecule has 1 saturated carbocycles. The summed E-state index contributed by atoms with van der Waals surface area (Å²) >= 11 is 7.24. The van der Waals surface area contributed by atoms with Crippen LogP contribution in [0.1, 0.15) is 29.9 Å². The van der Waals surface area contributed by atoms with E-state index in [-0.39, 0.29) is 0 Å². The molecule has 2 aromatic rings. The van der Waals surface area contributed by atoms with Crippen molar-refractivity contribution >= 4 is 37.5 Å². The van der Waals surface area contributed by atoms with Gasteiger partial charge in [-0.05, 0) is 55.0 Å². The molecule has 1 fully saturated rings. The molecule has 0 amide bonds. The van der Waals surface area contributed by atoms with Crippen LogP contribution in [0.3, 0.4) is 0 Å². The second-order valence-electron chi connectivity index (χ2n) is 5.44. The van der Waals surface area contributed by atoms with E-state index < -0.39 is 0 Å². The minimum atomic E-state index is 0.583. The van der Waals surface area contributed by atoms with Crippen LogP contribution in [-0.2, 0) is 0 Å². The first-order valence-corrected chi connectivity index (χ1v) is 8.50. The van der Waals surface area contributed by atoms with Crippen LogP contribution in [0.2, 0.25) is 0 Å². The van der Waals surface area contributed by atoms with Gasteiger partial charge in [0, 0.05) is 20.7 Å². The highest BCUT2D eigenvalue weighted by Gasteiger charge is 2.31. The molecule has 0 saturated heterocycles. The molecule has 0 heterocycles. The van der Waals surface area contributed by atoms with Crippen molar-refractivity contribution in [2.24, 2.45) is 0 Å². The van der Waals surface area contributed by atoms with Crippen molar-refractivity contribution in [2.75, 3.05) is 5.32 Å². The standard InChI is InChI=1S/C17H17Br2N/c1-11-15(18)7-4-8-17(11)20-13-9-12(10-13)14-5-2-3-6-16(14)19/h2-8,12-13,20H,9-10H2,1H3. The fourth-order valence-electron chi connectivity index (χ4n) is 2.78. The van der Waals surface area contributed by atoms with Crippen LogP contribution < -0.4 is 5.32 Å². The maximum absolute atomic E-state index is 3.66. The van der Waals surface area contributed by atoms with Gasteiger partial charge in [0.15, 0.2) is 0 Å². The first-order chi connectivity index (χ1) is 9.65. The summed E-state index contributed by atoms with van der Waals surface area (Å²) in [5, 5.41) is 3.66. The van der Waals surface area contributed by atoms with E-state index in [1.807, 2.05) is 0 Å². The van der Waals surface area contributed by atoms with Crippen LogP contribution in [0.5, 0.6) is 0 Å². The van der Waals surface area contributed by atoms with Gasteiger partial charge in [0.05, 0.1) is 0 Å². The maximum Gasteiger partial charge on any atom is 0.0383 e. The van der Waals surface area contributed by atoms with Crippen LogP contribution in [0, 0.1) is 6.92 Å². The van der Waals surface area contributed by atoms with Gasteiger partial charge in [-0.3, -0.25) is 0 Å². The van der Waals surface area contributed by atoms with Crippen molar-refractivity contribution in [1.29, 1.82) is 0 Å². The zero-order valence-corrected chi connectivity index (χ0v) is 14.5. The Labute approximate surface area is 137 Å². The molecule has 0 unspecified atom stereocenters. The smallest absolute Gasteiger partial charge is 0.0383 e. The van der Waals surface area contributed by atoms with E-state index in [0.29, 0.717) is 12.0 Å². The molecule has 2 aromatic carbocycles. The van der Waals surface area contributed by atoms with Gasteiger partial charge in [0.25, 0.3) is 0 Å². The van der Waals surface area contributed by atoms with E-state index in [2.05, 4.69) is 86.6 Å². The van der Waals surface area contributed by atoms with Crippen molar-refractivity contribution < 1.29 is 0 Å². The molecule has 3 heteroatoms. The Kier molecular flexibility index (Phi) is 4.18. The van der Waals surface area contributed by atoms with Crippen LogP contribution in [-0.4, -0.2) is 6.04 Å². The minimum Gasteiger partial charge on any atom is -0.382 e. The third-order valence-electron chi connectivity index (χ3n) is 4.11. The molecular weight excluding hydrogens is 378 g/mol. The number of hydrogen-bond donors (Lipinski definition) is 1. The molecule has 20 heavy (non-hydrogen) atoms. The Morgan fingerprint density at radius 2 is 1.65 bits per heavy atom. The first-order valence-electron chi connectivity index (χ1n) is 6.91. The zero-order chi connectivity index (χ0) is 14.1. The van der Waals surface area contributed by atoms with Gasteiger partial charge in [-0.1, -0.05) is 56.1 Å².